The van der Waals surface area contributed by atoms with Gasteiger partial charge in [-0.2, -0.15) is 0 Å². The molecule has 0 radical (unpaired) electrons. The molecule has 0 N–H and O–H groups in total. The van der Waals surface area contributed by atoms with Gasteiger partial charge in [0.25, 0.3) is 0 Å². The SMILES string of the molecule is CCOC(=O)C1C(C)=NC(C)=C[C@H]1C(=O)OCCc1ccc(OC)cc1. The first-order chi connectivity index (χ1) is 12.5. The summed E-state index contributed by atoms with van der Waals surface area (Å²) in [7, 11) is 1.61. The largest absolute Gasteiger partial charge is 0.497 e. The Morgan fingerprint density at radius 2 is 1.77 bits per heavy atom. The van der Waals surface area contributed by atoms with Gasteiger partial charge < -0.3 is 14.2 Å². The first-order valence-electron chi connectivity index (χ1n) is 8.66. The Morgan fingerprint density at radius 1 is 1.08 bits per heavy atom. The summed E-state index contributed by atoms with van der Waals surface area (Å²) in [6, 6.07) is 7.58. The normalized spacial score (nSPS) is 19.2. The lowest BCUT2D eigenvalue weighted by Crippen LogP contribution is -2.38. The van der Waals surface area contributed by atoms with Gasteiger partial charge in [0.1, 0.15) is 11.7 Å². The fraction of sp³-hybridized carbons (Fsp3) is 0.450. The maximum atomic E-state index is 12.5. The number of ether oxygens (including phenoxy) is 3. The van der Waals surface area contributed by atoms with Gasteiger partial charge in [-0.3, -0.25) is 14.6 Å². The quantitative estimate of drug-likeness (QED) is 0.700. The molecule has 0 bridgehead atoms. The van der Waals surface area contributed by atoms with Crippen LogP contribution in [-0.2, 0) is 25.5 Å². The van der Waals surface area contributed by atoms with E-state index in [0.717, 1.165) is 11.3 Å². The molecule has 26 heavy (non-hydrogen) atoms. The van der Waals surface area contributed by atoms with Crippen LogP contribution in [0.2, 0.25) is 0 Å². The first-order valence-corrected chi connectivity index (χ1v) is 8.66. The van der Waals surface area contributed by atoms with E-state index in [9.17, 15) is 9.59 Å². The van der Waals surface area contributed by atoms with E-state index in [2.05, 4.69) is 4.99 Å². The minimum Gasteiger partial charge on any atom is -0.497 e. The van der Waals surface area contributed by atoms with Gasteiger partial charge in [-0.15, -0.1) is 0 Å². The number of hydrogen-bond acceptors (Lipinski definition) is 6. The van der Waals surface area contributed by atoms with Crippen LogP contribution in [0.5, 0.6) is 5.75 Å². The number of carbonyl (C=O) groups excluding carboxylic acids is 2. The number of benzene rings is 1. The van der Waals surface area contributed by atoms with Crippen LogP contribution in [0.25, 0.3) is 0 Å². The molecule has 0 fully saturated rings. The molecule has 0 saturated heterocycles. The summed E-state index contributed by atoms with van der Waals surface area (Å²) < 4.78 is 15.6. The van der Waals surface area contributed by atoms with Crippen molar-refractivity contribution in [2.75, 3.05) is 20.3 Å². The molecule has 1 aliphatic heterocycles. The van der Waals surface area contributed by atoms with Gasteiger partial charge in [0.2, 0.25) is 0 Å². The monoisotopic (exact) mass is 359 g/mol. The average molecular weight is 359 g/mol. The maximum Gasteiger partial charge on any atom is 0.315 e. The number of carbonyl (C=O) groups is 2. The van der Waals surface area contributed by atoms with Crippen LogP contribution >= 0.6 is 0 Å². The Morgan fingerprint density at radius 3 is 2.38 bits per heavy atom. The molecular formula is C20H25NO5. The molecule has 140 valence electrons. The number of hydrogen-bond donors (Lipinski definition) is 0. The number of esters is 2. The lowest BCUT2D eigenvalue weighted by Gasteiger charge is -2.25. The lowest BCUT2D eigenvalue weighted by molar-refractivity contribution is -0.156. The zero-order valence-electron chi connectivity index (χ0n) is 15.7. The molecule has 1 aliphatic rings. The molecule has 0 amide bonds. The van der Waals surface area contributed by atoms with Crippen LogP contribution in [0, 0.1) is 11.8 Å². The Hall–Kier alpha value is -2.63. The minimum absolute atomic E-state index is 0.236. The van der Waals surface area contributed by atoms with Crippen LogP contribution in [0.3, 0.4) is 0 Å². The van der Waals surface area contributed by atoms with Gasteiger partial charge >= 0.3 is 11.9 Å². The van der Waals surface area contributed by atoms with Gasteiger partial charge in [0.05, 0.1) is 26.2 Å². The van der Waals surface area contributed by atoms with E-state index in [1.807, 2.05) is 24.3 Å². The van der Waals surface area contributed by atoms with Gasteiger partial charge in [0.15, 0.2) is 0 Å². The Balaban J connectivity index is 1.98. The predicted octanol–water partition coefficient (Wildman–Crippen LogP) is 2.95. The van der Waals surface area contributed by atoms with Crippen molar-refractivity contribution in [2.24, 2.45) is 16.8 Å². The van der Waals surface area contributed by atoms with Gasteiger partial charge in [-0.25, -0.2) is 0 Å². The molecule has 2 rings (SSSR count). The van der Waals surface area contributed by atoms with Crippen molar-refractivity contribution in [1.82, 2.24) is 0 Å². The molecule has 0 aliphatic carbocycles. The van der Waals surface area contributed by atoms with E-state index in [-0.39, 0.29) is 13.2 Å². The molecule has 6 nitrogen and oxygen atoms in total. The third-order valence-electron chi connectivity index (χ3n) is 4.19. The first kappa shape index (κ1) is 19.7. The molecule has 2 atom stereocenters. The molecule has 1 aromatic rings. The topological polar surface area (TPSA) is 74.2 Å². The molecule has 0 aromatic heterocycles. The summed E-state index contributed by atoms with van der Waals surface area (Å²) in [5.41, 5.74) is 2.30. The molecule has 1 aromatic carbocycles. The summed E-state index contributed by atoms with van der Waals surface area (Å²) in [5.74, 6) is -1.55. The highest BCUT2D eigenvalue weighted by Gasteiger charge is 2.38. The number of allylic oxidation sites excluding steroid dienone is 1. The maximum absolute atomic E-state index is 12.5. The highest BCUT2D eigenvalue weighted by Crippen LogP contribution is 2.26. The summed E-state index contributed by atoms with van der Waals surface area (Å²) in [6.45, 7) is 5.75. The van der Waals surface area contributed by atoms with Crippen molar-refractivity contribution in [1.29, 1.82) is 0 Å². The second kappa shape index (κ2) is 9.17. The van der Waals surface area contributed by atoms with E-state index >= 15 is 0 Å². The fourth-order valence-electron chi connectivity index (χ4n) is 2.91. The van der Waals surface area contributed by atoms with Crippen molar-refractivity contribution in [3.8, 4) is 5.75 Å². The highest BCUT2D eigenvalue weighted by molar-refractivity contribution is 6.05. The molecule has 0 saturated carbocycles. The number of methoxy groups -OCH3 is 1. The van der Waals surface area contributed by atoms with Gasteiger partial charge in [-0.1, -0.05) is 12.1 Å². The molecule has 0 spiro atoms. The van der Waals surface area contributed by atoms with Crippen LogP contribution in [0.4, 0.5) is 0 Å². The molecule has 6 heteroatoms. The second-order valence-corrected chi connectivity index (χ2v) is 6.08. The van der Waals surface area contributed by atoms with E-state index < -0.39 is 23.8 Å². The average Bonchev–Trinajstić information content (AvgIpc) is 2.61. The van der Waals surface area contributed by atoms with Crippen LogP contribution in [0.15, 0.2) is 41.0 Å². The highest BCUT2D eigenvalue weighted by atomic mass is 16.5. The smallest absolute Gasteiger partial charge is 0.315 e. The Kier molecular flexibility index (Phi) is 6.95. The zero-order valence-corrected chi connectivity index (χ0v) is 15.7. The minimum atomic E-state index is -0.730. The van der Waals surface area contributed by atoms with Crippen LogP contribution in [-0.4, -0.2) is 38.0 Å². The molecule has 1 heterocycles. The predicted molar refractivity (Wildman–Crippen MR) is 98.1 cm³/mol. The van der Waals surface area contributed by atoms with Crippen molar-refractivity contribution < 1.29 is 23.8 Å². The standard InChI is InChI=1S/C20H25NO5/c1-5-25-20(23)18-14(3)21-13(2)12-17(18)19(22)26-11-10-15-6-8-16(24-4)9-7-15/h6-9,12,17-18H,5,10-11H2,1-4H3/t17-,18?/m1/s1. The summed E-state index contributed by atoms with van der Waals surface area (Å²) in [4.78, 5) is 29.1. The fourth-order valence-corrected chi connectivity index (χ4v) is 2.91. The van der Waals surface area contributed by atoms with Crippen LogP contribution in [0.1, 0.15) is 26.3 Å². The molecule has 1 unspecified atom stereocenters. The number of aliphatic imine (C=N–C) groups is 1. The zero-order chi connectivity index (χ0) is 19.1. The Labute approximate surface area is 153 Å². The third kappa shape index (κ3) is 4.94. The van der Waals surface area contributed by atoms with E-state index in [1.165, 1.54) is 0 Å². The lowest BCUT2D eigenvalue weighted by atomic mass is 9.85. The summed E-state index contributed by atoms with van der Waals surface area (Å²) in [6.07, 6.45) is 2.26. The number of rotatable bonds is 7. The summed E-state index contributed by atoms with van der Waals surface area (Å²) >= 11 is 0. The Bertz CT molecular complexity index is 705. The van der Waals surface area contributed by atoms with E-state index in [0.29, 0.717) is 17.8 Å². The van der Waals surface area contributed by atoms with Crippen LogP contribution < -0.4 is 4.74 Å². The van der Waals surface area contributed by atoms with Crippen molar-refractivity contribution in [3.63, 3.8) is 0 Å². The third-order valence-corrected chi connectivity index (χ3v) is 4.19. The molecular weight excluding hydrogens is 334 g/mol. The van der Waals surface area contributed by atoms with Gasteiger partial charge in [-0.05, 0) is 44.5 Å². The summed E-state index contributed by atoms with van der Waals surface area (Å²) in [5, 5.41) is 0. The van der Waals surface area contributed by atoms with Gasteiger partial charge in [0, 0.05) is 17.8 Å². The second-order valence-electron chi connectivity index (χ2n) is 6.08. The van der Waals surface area contributed by atoms with Crippen molar-refractivity contribution in [2.45, 2.75) is 27.2 Å². The number of nitrogens with zero attached hydrogens (tertiary/aromatic N) is 1. The van der Waals surface area contributed by atoms with E-state index in [4.69, 9.17) is 14.2 Å². The van der Waals surface area contributed by atoms with E-state index in [1.54, 1.807) is 34.0 Å². The van der Waals surface area contributed by atoms with Crippen molar-refractivity contribution >= 4 is 17.7 Å². The van der Waals surface area contributed by atoms with Crippen molar-refractivity contribution in [3.05, 3.63) is 41.6 Å².